The fourth-order valence-electron chi connectivity index (χ4n) is 4.69. The molecule has 0 bridgehead atoms. The first-order valence-corrected chi connectivity index (χ1v) is 15.1. The van der Waals surface area contributed by atoms with Gasteiger partial charge in [-0.25, -0.2) is 13.9 Å². The van der Waals surface area contributed by atoms with Crippen molar-refractivity contribution in [3.05, 3.63) is 58.7 Å². The second-order valence-corrected chi connectivity index (χ2v) is 10.3. The zero-order valence-electron chi connectivity index (χ0n) is 26.2. The summed E-state index contributed by atoms with van der Waals surface area (Å²) in [5.74, 6) is 1.16. The van der Waals surface area contributed by atoms with Crippen molar-refractivity contribution in [1.29, 1.82) is 0 Å². The van der Waals surface area contributed by atoms with Crippen LogP contribution in [0, 0.1) is 0 Å². The second kappa shape index (κ2) is 21.7. The predicted octanol–water partition coefficient (Wildman–Crippen LogP) is 5.52. The Morgan fingerprint density at radius 2 is 1.68 bits per heavy atom. The minimum absolute atomic E-state index is 0. The maximum atomic E-state index is 11.3. The van der Waals surface area contributed by atoms with Gasteiger partial charge in [0.15, 0.2) is 23.0 Å². The Labute approximate surface area is 260 Å². The molecule has 0 radical (unpaired) electrons. The van der Waals surface area contributed by atoms with Crippen LogP contribution in [0.3, 0.4) is 0 Å². The zero-order chi connectivity index (χ0) is 33.7. The standard InChI is InChI=1S/C16H22O4.C14H21NO2.CO2.HO3P.H2/c1-4-20-16(18)10-12(2)6-5-7-13-8-9-14(17)15(11-13)19-3;1-4-6-14(2)11-9-12(16)13(17-3)8-10(11)5-7-15-14;2-1-3;1-4(2)3;/h8-11,17H,4-7H2,1-3H3;8-9,15-16H,4-7H2,1-3H3;;(H,1,2,3);1H/b12-10+;;;;. The molecule has 1 atom stereocenters. The fraction of sp³-hybridized carbons (Fsp3) is 0.484. The highest BCUT2D eigenvalue weighted by molar-refractivity contribution is 7.23. The van der Waals surface area contributed by atoms with E-state index in [0.717, 1.165) is 56.2 Å². The van der Waals surface area contributed by atoms with Crippen LogP contribution in [-0.4, -0.2) is 54.6 Å². The van der Waals surface area contributed by atoms with E-state index in [0.29, 0.717) is 18.1 Å². The molecular weight excluding hydrogens is 593 g/mol. The minimum atomic E-state index is -3.12. The van der Waals surface area contributed by atoms with Gasteiger partial charge in [0, 0.05) is 19.6 Å². The highest BCUT2D eigenvalue weighted by Gasteiger charge is 2.31. The van der Waals surface area contributed by atoms with Gasteiger partial charge >= 0.3 is 20.0 Å². The predicted molar refractivity (Wildman–Crippen MR) is 164 cm³/mol. The molecule has 1 aliphatic rings. The lowest BCUT2D eigenvalue weighted by atomic mass is 9.80. The Hall–Kier alpha value is -3.95. The molecule has 2 aromatic rings. The van der Waals surface area contributed by atoms with Crippen molar-refractivity contribution in [2.45, 2.75) is 71.8 Å². The van der Waals surface area contributed by atoms with E-state index in [1.807, 2.05) is 31.2 Å². The highest BCUT2D eigenvalue weighted by Crippen LogP contribution is 2.38. The Balaban J connectivity index is 0. The Morgan fingerprint density at radius 3 is 2.23 bits per heavy atom. The first-order chi connectivity index (χ1) is 20.8. The number of nitrogens with one attached hydrogen (secondary N) is 1. The first kappa shape index (κ1) is 40.1. The van der Waals surface area contributed by atoms with Crippen LogP contribution >= 0.6 is 7.91 Å². The largest absolute Gasteiger partial charge is 0.504 e. The van der Waals surface area contributed by atoms with Crippen LogP contribution in [0.15, 0.2) is 42.0 Å². The van der Waals surface area contributed by atoms with Gasteiger partial charge in [-0.15, -0.1) is 0 Å². The summed E-state index contributed by atoms with van der Waals surface area (Å²) in [5, 5.41) is 23.0. The van der Waals surface area contributed by atoms with E-state index in [1.54, 1.807) is 26.2 Å². The first-order valence-electron chi connectivity index (χ1n) is 14.0. The summed E-state index contributed by atoms with van der Waals surface area (Å²) in [6.07, 6.45) is 7.61. The van der Waals surface area contributed by atoms with Crippen LogP contribution in [-0.2, 0) is 46.6 Å². The molecule has 1 heterocycles. The third kappa shape index (κ3) is 15.0. The fourth-order valence-corrected chi connectivity index (χ4v) is 4.69. The summed E-state index contributed by atoms with van der Waals surface area (Å²) in [4.78, 5) is 34.5. The number of rotatable bonds is 10. The van der Waals surface area contributed by atoms with Gasteiger partial charge in [-0.05, 0) is 93.8 Å². The number of carbonyl (C=O) groups is 1. The van der Waals surface area contributed by atoms with Crippen molar-refractivity contribution in [1.82, 2.24) is 5.32 Å². The van der Waals surface area contributed by atoms with E-state index in [1.165, 1.54) is 18.2 Å². The monoisotopic (exact) mass is 639 g/mol. The van der Waals surface area contributed by atoms with Crippen molar-refractivity contribution < 1.29 is 54.3 Å². The maximum Gasteiger partial charge on any atom is 0.465 e. The van der Waals surface area contributed by atoms with Gasteiger partial charge in [0.25, 0.3) is 0 Å². The molecule has 0 fully saturated rings. The number of aryl methyl sites for hydroxylation is 1. The molecule has 3 rings (SSSR count). The summed E-state index contributed by atoms with van der Waals surface area (Å²) >= 11 is 0. The number of fused-ring (bicyclic) bond motifs is 1. The quantitative estimate of drug-likeness (QED) is 0.145. The Kier molecular flexibility index (Phi) is 19.7. The summed E-state index contributed by atoms with van der Waals surface area (Å²) in [7, 11) is 0.00346. The van der Waals surface area contributed by atoms with Crippen molar-refractivity contribution >= 4 is 20.0 Å². The molecule has 0 spiro atoms. The molecule has 1 unspecified atom stereocenters. The number of ether oxygens (including phenoxy) is 3. The van der Waals surface area contributed by atoms with Crippen LogP contribution in [0.2, 0.25) is 0 Å². The van der Waals surface area contributed by atoms with Crippen LogP contribution in [0.5, 0.6) is 23.0 Å². The SMILES string of the molecule is CCCC1(C)NCCc2cc(OC)c(O)cc21.CCOC(=O)/C=C(\C)CCCc1ccc(O)c(OC)c1.O=C=O.O=P(=O)O.[HH]. The van der Waals surface area contributed by atoms with Gasteiger partial charge in [-0.3, -0.25) is 4.89 Å². The summed E-state index contributed by atoms with van der Waals surface area (Å²) in [5.41, 5.74) is 4.59. The van der Waals surface area contributed by atoms with E-state index in [2.05, 4.69) is 19.2 Å². The lowest BCUT2D eigenvalue weighted by Crippen LogP contribution is -2.44. The molecule has 0 aromatic heterocycles. The molecule has 0 aliphatic carbocycles. The number of phenols is 2. The Morgan fingerprint density at radius 1 is 1.09 bits per heavy atom. The number of hydrogen-bond acceptors (Lipinski definition) is 11. The van der Waals surface area contributed by atoms with E-state index in [-0.39, 0.29) is 30.6 Å². The zero-order valence-corrected chi connectivity index (χ0v) is 27.1. The van der Waals surface area contributed by atoms with Gasteiger partial charge < -0.3 is 29.7 Å². The van der Waals surface area contributed by atoms with Gasteiger partial charge in [0.1, 0.15) is 0 Å². The third-order valence-electron chi connectivity index (χ3n) is 6.59. The maximum absolute atomic E-state index is 11.3. The summed E-state index contributed by atoms with van der Waals surface area (Å²) < 4.78 is 32.3. The lowest BCUT2D eigenvalue weighted by Gasteiger charge is -2.37. The molecule has 0 saturated heterocycles. The van der Waals surface area contributed by atoms with Crippen LogP contribution in [0.1, 0.15) is 71.5 Å². The number of aromatic hydroxyl groups is 2. The summed E-state index contributed by atoms with van der Waals surface area (Å²) in [6, 6.07) is 9.17. The molecule has 246 valence electrons. The number of carbonyl (C=O) groups excluding carboxylic acids is 3. The highest BCUT2D eigenvalue weighted by atomic mass is 31.1. The minimum Gasteiger partial charge on any atom is -0.504 e. The second-order valence-electron chi connectivity index (χ2n) is 9.86. The summed E-state index contributed by atoms with van der Waals surface area (Å²) in [6.45, 7) is 9.49. The molecule has 1 aliphatic heterocycles. The third-order valence-corrected chi connectivity index (χ3v) is 6.59. The molecule has 13 heteroatoms. The number of phenolic OH excluding ortho intramolecular Hbond substituents is 2. The number of hydrogen-bond donors (Lipinski definition) is 4. The van der Waals surface area contributed by atoms with Crippen molar-refractivity contribution in [2.24, 2.45) is 0 Å². The number of esters is 1. The van der Waals surface area contributed by atoms with E-state index < -0.39 is 7.91 Å². The Bertz CT molecular complexity index is 1320. The average molecular weight is 640 g/mol. The number of methoxy groups -OCH3 is 2. The topological polar surface area (TPSA) is 186 Å². The lowest BCUT2D eigenvalue weighted by molar-refractivity contribution is -0.191. The van der Waals surface area contributed by atoms with Crippen LogP contribution in [0.25, 0.3) is 0 Å². The molecule has 12 nitrogen and oxygen atoms in total. The molecule has 0 amide bonds. The van der Waals surface area contributed by atoms with E-state index in [9.17, 15) is 15.0 Å². The van der Waals surface area contributed by atoms with Gasteiger partial charge in [-0.1, -0.05) is 25.0 Å². The van der Waals surface area contributed by atoms with Crippen LogP contribution < -0.4 is 14.8 Å². The average Bonchev–Trinajstić information content (AvgIpc) is 2.95. The molecule has 2 aromatic carbocycles. The number of benzene rings is 2. The van der Waals surface area contributed by atoms with E-state index >= 15 is 0 Å². The smallest absolute Gasteiger partial charge is 0.465 e. The van der Waals surface area contributed by atoms with Gasteiger partial charge in [-0.2, -0.15) is 9.59 Å². The van der Waals surface area contributed by atoms with Crippen molar-refractivity contribution in [3.63, 3.8) is 0 Å². The van der Waals surface area contributed by atoms with Gasteiger partial charge in [0.05, 0.1) is 20.8 Å². The molecule has 4 N–H and O–H groups in total. The normalized spacial score (nSPS) is 14.8. The van der Waals surface area contributed by atoms with Crippen LogP contribution in [0.4, 0.5) is 0 Å². The van der Waals surface area contributed by atoms with Crippen molar-refractivity contribution in [2.75, 3.05) is 27.4 Å². The van der Waals surface area contributed by atoms with Gasteiger partial charge in [0.2, 0.25) is 0 Å². The molecule has 44 heavy (non-hydrogen) atoms. The van der Waals surface area contributed by atoms with Crippen molar-refractivity contribution in [3.8, 4) is 23.0 Å². The molecular formula is C31H46NO11P. The number of allylic oxidation sites excluding steroid dienone is 1. The molecule has 0 saturated carbocycles. The van der Waals surface area contributed by atoms with E-state index in [4.69, 9.17) is 37.8 Å².